The predicted molar refractivity (Wildman–Crippen MR) is 56.5 cm³/mol. The van der Waals surface area contributed by atoms with Crippen molar-refractivity contribution in [3.8, 4) is 0 Å². The molecule has 15 heavy (non-hydrogen) atoms. The SMILES string of the molecule is Cc1[nH]ncc1CC(=O)N1CCNCC1. The summed E-state index contributed by atoms with van der Waals surface area (Å²) in [6.07, 6.45) is 2.19. The van der Waals surface area contributed by atoms with Crippen LogP contribution in [-0.2, 0) is 11.2 Å². The summed E-state index contributed by atoms with van der Waals surface area (Å²) in [5, 5.41) is 9.98. The average molecular weight is 208 g/mol. The van der Waals surface area contributed by atoms with E-state index < -0.39 is 0 Å². The number of carbonyl (C=O) groups excluding carboxylic acids is 1. The summed E-state index contributed by atoms with van der Waals surface area (Å²) in [6, 6.07) is 0. The van der Waals surface area contributed by atoms with Gasteiger partial charge < -0.3 is 10.2 Å². The van der Waals surface area contributed by atoms with E-state index in [0.717, 1.165) is 37.4 Å². The van der Waals surface area contributed by atoms with Crippen molar-refractivity contribution in [3.05, 3.63) is 17.5 Å². The first-order valence-corrected chi connectivity index (χ1v) is 5.24. The van der Waals surface area contributed by atoms with Gasteiger partial charge in [-0.25, -0.2) is 0 Å². The van der Waals surface area contributed by atoms with E-state index >= 15 is 0 Å². The molecule has 0 aliphatic carbocycles. The third kappa shape index (κ3) is 2.36. The molecule has 2 heterocycles. The minimum Gasteiger partial charge on any atom is -0.340 e. The third-order valence-electron chi connectivity index (χ3n) is 2.75. The number of aromatic amines is 1. The highest BCUT2D eigenvalue weighted by atomic mass is 16.2. The van der Waals surface area contributed by atoms with Crippen molar-refractivity contribution in [3.63, 3.8) is 0 Å². The van der Waals surface area contributed by atoms with Crippen LogP contribution >= 0.6 is 0 Å². The van der Waals surface area contributed by atoms with Crippen LogP contribution in [0.5, 0.6) is 0 Å². The molecule has 82 valence electrons. The van der Waals surface area contributed by atoms with Gasteiger partial charge in [0, 0.05) is 37.4 Å². The number of nitrogens with one attached hydrogen (secondary N) is 2. The highest BCUT2D eigenvalue weighted by Gasteiger charge is 2.17. The number of amides is 1. The summed E-state index contributed by atoms with van der Waals surface area (Å²) in [7, 11) is 0. The lowest BCUT2D eigenvalue weighted by Crippen LogP contribution is -2.46. The van der Waals surface area contributed by atoms with Gasteiger partial charge in [-0.3, -0.25) is 9.89 Å². The summed E-state index contributed by atoms with van der Waals surface area (Å²) in [5.74, 6) is 0.195. The fourth-order valence-corrected chi connectivity index (χ4v) is 1.74. The summed E-state index contributed by atoms with van der Waals surface area (Å²) in [4.78, 5) is 13.8. The molecular formula is C10H16N4O. The number of rotatable bonds is 2. The molecule has 1 aromatic heterocycles. The second-order valence-corrected chi connectivity index (χ2v) is 3.83. The average Bonchev–Trinajstić information content (AvgIpc) is 2.66. The standard InChI is InChI=1S/C10H16N4O/c1-8-9(7-12-13-8)6-10(15)14-4-2-11-3-5-14/h7,11H,2-6H2,1H3,(H,12,13). The Morgan fingerprint density at radius 1 is 1.53 bits per heavy atom. The molecule has 1 amide bonds. The zero-order chi connectivity index (χ0) is 10.7. The van der Waals surface area contributed by atoms with Crippen LogP contribution in [0.3, 0.4) is 0 Å². The fraction of sp³-hybridized carbons (Fsp3) is 0.600. The minimum atomic E-state index is 0.195. The number of aryl methyl sites for hydroxylation is 1. The zero-order valence-electron chi connectivity index (χ0n) is 8.92. The molecule has 1 aliphatic rings. The van der Waals surface area contributed by atoms with Gasteiger partial charge in [0.15, 0.2) is 0 Å². The van der Waals surface area contributed by atoms with Crippen LogP contribution in [0.2, 0.25) is 0 Å². The van der Waals surface area contributed by atoms with Crippen LogP contribution in [-0.4, -0.2) is 47.2 Å². The van der Waals surface area contributed by atoms with E-state index in [4.69, 9.17) is 0 Å². The van der Waals surface area contributed by atoms with Gasteiger partial charge in [0.2, 0.25) is 5.91 Å². The Bertz CT molecular complexity index is 341. The molecule has 1 saturated heterocycles. The normalized spacial score (nSPS) is 16.7. The van der Waals surface area contributed by atoms with E-state index in [0.29, 0.717) is 6.42 Å². The van der Waals surface area contributed by atoms with Crippen LogP contribution in [0, 0.1) is 6.92 Å². The second-order valence-electron chi connectivity index (χ2n) is 3.83. The van der Waals surface area contributed by atoms with E-state index in [9.17, 15) is 4.79 Å². The van der Waals surface area contributed by atoms with E-state index in [-0.39, 0.29) is 5.91 Å². The fourth-order valence-electron chi connectivity index (χ4n) is 1.74. The van der Waals surface area contributed by atoms with Crippen molar-refractivity contribution in [2.24, 2.45) is 0 Å². The Hall–Kier alpha value is -1.36. The first-order valence-electron chi connectivity index (χ1n) is 5.24. The molecule has 1 aromatic rings. The molecule has 2 N–H and O–H groups in total. The van der Waals surface area contributed by atoms with Crippen LogP contribution < -0.4 is 5.32 Å². The molecule has 0 atom stereocenters. The van der Waals surface area contributed by atoms with Gasteiger partial charge in [0.1, 0.15) is 0 Å². The van der Waals surface area contributed by atoms with Crippen molar-refractivity contribution in [1.29, 1.82) is 0 Å². The molecule has 1 fully saturated rings. The van der Waals surface area contributed by atoms with Crippen molar-refractivity contribution < 1.29 is 4.79 Å². The van der Waals surface area contributed by atoms with Crippen LogP contribution in [0.25, 0.3) is 0 Å². The molecule has 0 radical (unpaired) electrons. The number of H-pyrrole nitrogens is 1. The molecule has 0 spiro atoms. The van der Waals surface area contributed by atoms with Gasteiger partial charge in [0.05, 0.1) is 12.6 Å². The molecule has 0 unspecified atom stereocenters. The molecule has 0 saturated carbocycles. The largest absolute Gasteiger partial charge is 0.340 e. The van der Waals surface area contributed by atoms with Crippen LogP contribution in [0.4, 0.5) is 0 Å². The Balaban J connectivity index is 1.94. The number of hydrogen-bond acceptors (Lipinski definition) is 3. The lowest BCUT2D eigenvalue weighted by atomic mass is 10.1. The number of aromatic nitrogens is 2. The maximum atomic E-state index is 11.9. The van der Waals surface area contributed by atoms with Gasteiger partial charge in [-0.1, -0.05) is 0 Å². The Labute approximate surface area is 88.8 Å². The van der Waals surface area contributed by atoms with Gasteiger partial charge in [-0.15, -0.1) is 0 Å². The van der Waals surface area contributed by atoms with Crippen molar-refractivity contribution in [2.45, 2.75) is 13.3 Å². The number of hydrogen-bond donors (Lipinski definition) is 2. The first-order chi connectivity index (χ1) is 7.27. The van der Waals surface area contributed by atoms with Gasteiger partial charge in [-0.05, 0) is 6.92 Å². The lowest BCUT2D eigenvalue weighted by molar-refractivity contribution is -0.131. The van der Waals surface area contributed by atoms with Crippen molar-refractivity contribution >= 4 is 5.91 Å². The molecular weight excluding hydrogens is 192 g/mol. The summed E-state index contributed by atoms with van der Waals surface area (Å²) >= 11 is 0. The number of piperazine rings is 1. The highest BCUT2D eigenvalue weighted by Crippen LogP contribution is 2.06. The maximum absolute atomic E-state index is 11.9. The second kappa shape index (κ2) is 4.44. The molecule has 1 aliphatic heterocycles. The molecule has 0 aromatic carbocycles. The molecule has 5 heteroatoms. The zero-order valence-corrected chi connectivity index (χ0v) is 8.92. The predicted octanol–water partition coefficient (Wildman–Crippen LogP) is -0.308. The van der Waals surface area contributed by atoms with Gasteiger partial charge >= 0.3 is 0 Å². The molecule has 2 rings (SSSR count). The topological polar surface area (TPSA) is 61.0 Å². The smallest absolute Gasteiger partial charge is 0.227 e. The van der Waals surface area contributed by atoms with E-state index in [2.05, 4.69) is 15.5 Å². The monoisotopic (exact) mass is 208 g/mol. The summed E-state index contributed by atoms with van der Waals surface area (Å²) in [5.41, 5.74) is 1.98. The van der Waals surface area contributed by atoms with Crippen molar-refractivity contribution in [1.82, 2.24) is 20.4 Å². The maximum Gasteiger partial charge on any atom is 0.227 e. The summed E-state index contributed by atoms with van der Waals surface area (Å²) in [6.45, 7) is 5.37. The first kappa shape index (κ1) is 10.2. The van der Waals surface area contributed by atoms with E-state index in [1.807, 2.05) is 11.8 Å². The number of nitrogens with zero attached hydrogens (tertiary/aromatic N) is 2. The Morgan fingerprint density at radius 3 is 2.87 bits per heavy atom. The Kier molecular flexibility index (Phi) is 3.01. The van der Waals surface area contributed by atoms with Crippen molar-refractivity contribution in [2.75, 3.05) is 26.2 Å². The van der Waals surface area contributed by atoms with Crippen LogP contribution in [0.15, 0.2) is 6.20 Å². The minimum absolute atomic E-state index is 0.195. The quantitative estimate of drug-likeness (QED) is 0.701. The highest BCUT2D eigenvalue weighted by molar-refractivity contribution is 5.79. The number of carbonyl (C=O) groups is 1. The lowest BCUT2D eigenvalue weighted by Gasteiger charge is -2.27. The van der Waals surface area contributed by atoms with Gasteiger partial charge in [0.25, 0.3) is 0 Å². The van der Waals surface area contributed by atoms with E-state index in [1.54, 1.807) is 6.20 Å². The third-order valence-corrected chi connectivity index (χ3v) is 2.75. The molecule has 5 nitrogen and oxygen atoms in total. The molecule has 0 bridgehead atoms. The summed E-state index contributed by atoms with van der Waals surface area (Å²) < 4.78 is 0. The van der Waals surface area contributed by atoms with Gasteiger partial charge in [-0.2, -0.15) is 5.10 Å². The Morgan fingerprint density at radius 2 is 2.27 bits per heavy atom. The van der Waals surface area contributed by atoms with E-state index in [1.165, 1.54) is 0 Å². The van der Waals surface area contributed by atoms with Crippen LogP contribution in [0.1, 0.15) is 11.3 Å².